The van der Waals surface area contributed by atoms with Crippen LogP contribution in [-0.2, 0) is 5.75 Å². The SMILES string of the molecule is Cc1cccc(N(C(=O)c2ccccc2)C2=Nc3ccccc3CS2)c1C. The van der Waals surface area contributed by atoms with Gasteiger partial charge in [0.25, 0.3) is 5.91 Å². The van der Waals surface area contributed by atoms with Gasteiger partial charge in [-0.1, -0.05) is 60.3 Å². The summed E-state index contributed by atoms with van der Waals surface area (Å²) in [6.45, 7) is 4.12. The molecule has 0 bridgehead atoms. The van der Waals surface area contributed by atoms with Crippen LogP contribution in [0, 0.1) is 13.8 Å². The van der Waals surface area contributed by atoms with Gasteiger partial charge in [-0.25, -0.2) is 4.99 Å². The molecule has 3 aromatic carbocycles. The zero-order chi connectivity index (χ0) is 18.8. The Bertz CT molecular complexity index is 1030. The molecule has 0 fully saturated rings. The molecule has 3 nitrogen and oxygen atoms in total. The summed E-state index contributed by atoms with van der Waals surface area (Å²) in [6, 6.07) is 23.5. The van der Waals surface area contributed by atoms with Gasteiger partial charge in [-0.05, 0) is 54.8 Å². The van der Waals surface area contributed by atoms with Crippen LogP contribution < -0.4 is 4.90 Å². The molecule has 0 atom stereocenters. The van der Waals surface area contributed by atoms with Gasteiger partial charge < -0.3 is 0 Å². The number of carbonyl (C=O) groups excluding carboxylic acids is 1. The van der Waals surface area contributed by atoms with Crippen LogP contribution >= 0.6 is 11.8 Å². The lowest BCUT2D eigenvalue weighted by Gasteiger charge is -2.28. The van der Waals surface area contributed by atoms with Crippen LogP contribution in [0.25, 0.3) is 0 Å². The number of carbonyl (C=O) groups is 1. The van der Waals surface area contributed by atoms with Gasteiger partial charge in [-0.2, -0.15) is 0 Å². The van der Waals surface area contributed by atoms with Crippen LogP contribution in [0.4, 0.5) is 11.4 Å². The number of amides is 1. The molecule has 3 aromatic rings. The Hall–Kier alpha value is -2.85. The first-order valence-corrected chi connectivity index (χ1v) is 9.89. The maximum Gasteiger partial charge on any atom is 0.264 e. The van der Waals surface area contributed by atoms with E-state index >= 15 is 0 Å². The van der Waals surface area contributed by atoms with Crippen LogP contribution in [0.3, 0.4) is 0 Å². The first-order valence-electron chi connectivity index (χ1n) is 8.90. The largest absolute Gasteiger partial charge is 0.268 e. The van der Waals surface area contributed by atoms with Crippen LogP contribution in [0.1, 0.15) is 27.0 Å². The highest BCUT2D eigenvalue weighted by Crippen LogP contribution is 2.35. The molecule has 1 amide bonds. The number of fused-ring (bicyclic) bond motifs is 1. The van der Waals surface area contributed by atoms with Gasteiger partial charge in [0.15, 0.2) is 5.17 Å². The maximum atomic E-state index is 13.5. The van der Waals surface area contributed by atoms with Crippen LogP contribution in [0.15, 0.2) is 77.8 Å². The van der Waals surface area contributed by atoms with E-state index in [9.17, 15) is 4.79 Å². The molecule has 27 heavy (non-hydrogen) atoms. The standard InChI is InChI=1S/C23H20N2OS/c1-16-9-8-14-21(17(16)2)25(22(26)18-10-4-3-5-11-18)23-24-20-13-7-6-12-19(20)15-27-23/h3-14H,15H2,1-2H3. The summed E-state index contributed by atoms with van der Waals surface area (Å²) < 4.78 is 0. The summed E-state index contributed by atoms with van der Waals surface area (Å²) in [5, 5.41) is 0.719. The Balaban J connectivity index is 1.86. The molecule has 1 aliphatic heterocycles. The molecule has 0 aliphatic carbocycles. The van der Waals surface area contributed by atoms with E-state index in [0.29, 0.717) is 5.56 Å². The van der Waals surface area contributed by atoms with Gasteiger partial charge in [0.1, 0.15) is 0 Å². The first-order chi connectivity index (χ1) is 13.1. The normalized spacial score (nSPS) is 12.9. The molecule has 0 radical (unpaired) electrons. The lowest BCUT2D eigenvalue weighted by Crippen LogP contribution is -2.36. The highest BCUT2D eigenvalue weighted by molar-refractivity contribution is 8.13. The quantitative estimate of drug-likeness (QED) is 0.562. The van der Waals surface area contributed by atoms with E-state index in [1.54, 1.807) is 16.7 Å². The van der Waals surface area contributed by atoms with Gasteiger partial charge >= 0.3 is 0 Å². The number of hydrogen-bond acceptors (Lipinski definition) is 3. The van der Waals surface area contributed by atoms with Crippen LogP contribution in [0.2, 0.25) is 0 Å². The second-order valence-corrected chi connectivity index (χ2v) is 7.48. The van der Waals surface area contributed by atoms with Crippen molar-refractivity contribution in [1.82, 2.24) is 0 Å². The number of thioether (sulfide) groups is 1. The monoisotopic (exact) mass is 372 g/mol. The predicted molar refractivity (Wildman–Crippen MR) is 114 cm³/mol. The van der Waals surface area contributed by atoms with Crippen molar-refractivity contribution in [3.63, 3.8) is 0 Å². The number of amidine groups is 1. The molecule has 0 spiro atoms. The van der Waals surface area contributed by atoms with Gasteiger partial charge in [-0.3, -0.25) is 9.69 Å². The minimum atomic E-state index is -0.0602. The van der Waals surface area contributed by atoms with E-state index in [2.05, 4.69) is 26.0 Å². The smallest absolute Gasteiger partial charge is 0.264 e. The number of aliphatic imine (C=N–C) groups is 1. The Labute approximate surface area is 163 Å². The third-order valence-corrected chi connectivity index (χ3v) is 5.78. The summed E-state index contributed by atoms with van der Waals surface area (Å²) in [5.74, 6) is 0.744. The highest BCUT2D eigenvalue weighted by Gasteiger charge is 2.27. The molecule has 134 valence electrons. The molecule has 0 saturated carbocycles. The van der Waals surface area contributed by atoms with Crippen molar-refractivity contribution >= 4 is 34.2 Å². The number of para-hydroxylation sites is 1. The summed E-state index contributed by atoms with van der Waals surface area (Å²) in [5.41, 5.74) is 5.90. The van der Waals surface area contributed by atoms with Gasteiger partial charge in [0.05, 0.1) is 11.4 Å². The molecular formula is C23H20N2OS. The number of anilines is 1. The van der Waals surface area contributed by atoms with Crippen molar-refractivity contribution < 1.29 is 4.79 Å². The number of nitrogens with zero attached hydrogens (tertiary/aromatic N) is 2. The summed E-state index contributed by atoms with van der Waals surface area (Å²) >= 11 is 1.60. The van der Waals surface area contributed by atoms with Crippen molar-refractivity contribution in [2.45, 2.75) is 19.6 Å². The fraction of sp³-hybridized carbons (Fsp3) is 0.130. The number of rotatable bonds is 2. The molecule has 1 heterocycles. The van der Waals surface area contributed by atoms with Gasteiger partial charge in [0.2, 0.25) is 0 Å². The van der Waals surface area contributed by atoms with Crippen LogP contribution in [-0.4, -0.2) is 11.1 Å². The average Bonchev–Trinajstić information content (AvgIpc) is 2.72. The number of hydrogen-bond donors (Lipinski definition) is 0. The Kier molecular flexibility index (Phi) is 4.82. The second kappa shape index (κ2) is 7.41. The average molecular weight is 372 g/mol. The summed E-state index contributed by atoms with van der Waals surface area (Å²) in [7, 11) is 0. The second-order valence-electron chi connectivity index (χ2n) is 6.54. The Morgan fingerprint density at radius 2 is 1.67 bits per heavy atom. The molecule has 0 aromatic heterocycles. The maximum absolute atomic E-state index is 13.5. The molecule has 1 aliphatic rings. The molecular weight excluding hydrogens is 352 g/mol. The lowest BCUT2D eigenvalue weighted by atomic mass is 10.1. The third-order valence-electron chi connectivity index (χ3n) is 4.80. The van der Waals surface area contributed by atoms with E-state index in [4.69, 9.17) is 4.99 Å². The highest BCUT2D eigenvalue weighted by atomic mass is 32.2. The minimum Gasteiger partial charge on any atom is -0.268 e. The molecule has 0 saturated heterocycles. The van der Waals surface area contributed by atoms with E-state index in [1.807, 2.05) is 60.7 Å². The third kappa shape index (κ3) is 3.40. The van der Waals surface area contributed by atoms with E-state index in [0.717, 1.165) is 33.4 Å². The van der Waals surface area contributed by atoms with Crippen molar-refractivity contribution in [3.05, 3.63) is 95.1 Å². The van der Waals surface area contributed by atoms with E-state index in [1.165, 1.54) is 5.56 Å². The zero-order valence-corrected chi connectivity index (χ0v) is 16.2. The number of aryl methyl sites for hydroxylation is 1. The van der Waals surface area contributed by atoms with Crippen molar-refractivity contribution in [3.8, 4) is 0 Å². The zero-order valence-electron chi connectivity index (χ0n) is 15.3. The lowest BCUT2D eigenvalue weighted by molar-refractivity contribution is 0.100. The van der Waals surface area contributed by atoms with Crippen molar-refractivity contribution in [2.75, 3.05) is 4.90 Å². The molecule has 0 unspecified atom stereocenters. The number of benzene rings is 3. The Morgan fingerprint density at radius 1 is 0.926 bits per heavy atom. The summed E-state index contributed by atoms with van der Waals surface area (Å²) in [4.78, 5) is 20.0. The molecule has 0 N–H and O–H groups in total. The fourth-order valence-electron chi connectivity index (χ4n) is 3.12. The van der Waals surface area contributed by atoms with Gasteiger partial charge in [0, 0.05) is 11.3 Å². The van der Waals surface area contributed by atoms with E-state index < -0.39 is 0 Å². The molecule has 4 rings (SSSR count). The van der Waals surface area contributed by atoms with Crippen LogP contribution in [0.5, 0.6) is 0 Å². The van der Waals surface area contributed by atoms with Crippen molar-refractivity contribution in [2.24, 2.45) is 4.99 Å². The predicted octanol–water partition coefficient (Wildman–Crippen LogP) is 5.88. The first kappa shape index (κ1) is 17.6. The molecule has 4 heteroatoms. The Morgan fingerprint density at radius 3 is 2.48 bits per heavy atom. The van der Waals surface area contributed by atoms with Crippen molar-refractivity contribution in [1.29, 1.82) is 0 Å². The fourth-order valence-corrected chi connectivity index (χ4v) is 4.12. The van der Waals surface area contributed by atoms with Gasteiger partial charge in [-0.15, -0.1) is 0 Å². The topological polar surface area (TPSA) is 32.7 Å². The van der Waals surface area contributed by atoms with E-state index in [-0.39, 0.29) is 5.91 Å². The summed E-state index contributed by atoms with van der Waals surface area (Å²) in [6.07, 6.45) is 0. The minimum absolute atomic E-state index is 0.0602.